The molecule has 26 heavy (non-hydrogen) atoms. The molecule has 0 aliphatic carbocycles. The summed E-state index contributed by atoms with van der Waals surface area (Å²) < 4.78 is 2.26. The van der Waals surface area contributed by atoms with Crippen LogP contribution in [0.5, 0.6) is 0 Å². The highest BCUT2D eigenvalue weighted by Crippen LogP contribution is 2.24. The Morgan fingerprint density at radius 3 is 2.81 bits per heavy atom. The van der Waals surface area contributed by atoms with E-state index in [0.717, 1.165) is 29.6 Å². The van der Waals surface area contributed by atoms with Crippen molar-refractivity contribution in [2.75, 3.05) is 6.54 Å². The predicted molar refractivity (Wildman–Crippen MR) is 105 cm³/mol. The van der Waals surface area contributed by atoms with Gasteiger partial charge in [0.05, 0.1) is 4.88 Å². The van der Waals surface area contributed by atoms with Crippen molar-refractivity contribution in [1.82, 2.24) is 24.4 Å². The molecule has 0 spiro atoms. The molecule has 0 amide bonds. The number of hydrogen-bond acceptors (Lipinski definition) is 5. The first-order valence-corrected chi connectivity index (χ1v) is 10.2. The Labute approximate surface area is 158 Å². The third-order valence-electron chi connectivity index (χ3n) is 5.21. The van der Waals surface area contributed by atoms with Gasteiger partial charge in [0.1, 0.15) is 5.82 Å². The van der Waals surface area contributed by atoms with Crippen LogP contribution < -0.4 is 0 Å². The maximum absolute atomic E-state index is 4.57. The van der Waals surface area contributed by atoms with Crippen LogP contribution in [0, 0.1) is 6.92 Å². The third kappa shape index (κ3) is 4.02. The summed E-state index contributed by atoms with van der Waals surface area (Å²) in [6.07, 6.45) is 13.0. The van der Waals surface area contributed by atoms with Gasteiger partial charge in [0.25, 0.3) is 0 Å². The van der Waals surface area contributed by atoms with Crippen LogP contribution in [0.15, 0.2) is 42.3 Å². The molecule has 4 rings (SSSR count). The predicted octanol–water partition coefficient (Wildman–Crippen LogP) is 4.15. The largest absolute Gasteiger partial charge is 0.335 e. The highest BCUT2D eigenvalue weighted by Gasteiger charge is 2.22. The van der Waals surface area contributed by atoms with Crippen LogP contribution in [0.1, 0.15) is 37.1 Å². The van der Waals surface area contributed by atoms with Crippen LogP contribution in [0.25, 0.3) is 10.7 Å². The monoisotopic (exact) mass is 367 g/mol. The zero-order valence-electron chi connectivity index (χ0n) is 15.2. The molecule has 0 saturated carbocycles. The molecule has 1 fully saturated rings. The number of aryl methyl sites for hydroxylation is 2. The van der Waals surface area contributed by atoms with Crippen molar-refractivity contribution >= 4 is 11.3 Å². The number of imidazole rings is 1. The van der Waals surface area contributed by atoms with Crippen molar-refractivity contribution in [3.63, 3.8) is 0 Å². The van der Waals surface area contributed by atoms with Crippen molar-refractivity contribution in [3.05, 3.63) is 53.7 Å². The van der Waals surface area contributed by atoms with E-state index in [9.17, 15) is 0 Å². The fourth-order valence-corrected chi connectivity index (χ4v) is 4.40. The second kappa shape index (κ2) is 8.10. The molecule has 0 aromatic carbocycles. The first kappa shape index (κ1) is 17.4. The molecule has 1 aliphatic heterocycles. The molecule has 1 aliphatic rings. The molecule has 136 valence electrons. The van der Waals surface area contributed by atoms with Gasteiger partial charge in [-0.1, -0.05) is 12.5 Å². The van der Waals surface area contributed by atoms with Gasteiger partial charge in [-0.05, 0) is 44.2 Å². The summed E-state index contributed by atoms with van der Waals surface area (Å²) >= 11 is 1.68. The molecular weight excluding hydrogens is 342 g/mol. The van der Waals surface area contributed by atoms with E-state index >= 15 is 0 Å². The molecule has 1 atom stereocenters. The Kier molecular flexibility index (Phi) is 5.41. The number of rotatable bonds is 6. The van der Waals surface area contributed by atoms with Crippen LogP contribution in [0.3, 0.4) is 0 Å². The summed E-state index contributed by atoms with van der Waals surface area (Å²) in [5, 5.41) is 2.06. The molecule has 0 radical (unpaired) electrons. The van der Waals surface area contributed by atoms with Crippen molar-refractivity contribution in [1.29, 1.82) is 0 Å². The number of likely N-dealkylation sites (tertiary alicyclic amines) is 1. The molecular formula is C20H25N5S. The van der Waals surface area contributed by atoms with Crippen molar-refractivity contribution in [3.8, 4) is 10.7 Å². The summed E-state index contributed by atoms with van der Waals surface area (Å²) in [7, 11) is 0. The van der Waals surface area contributed by atoms with Gasteiger partial charge in [-0.15, -0.1) is 11.3 Å². The first-order valence-electron chi connectivity index (χ1n) is 9.36. The molecule has 4 heterocycles. The van der Waals surface area contributed by atoms with Gasteiger partial charge in [-0.2, -0.15) is 0 Å². The SMILES string of the molecule is Cc1nccn1CCC1CCCCN1Cc1cnc(-c2cccs2)nc1. The zero-order valence-corrected chi connectivity index (χ0v) is 16.0. The topological polar surface area (TPSA) is 46.8 Å². The van der Waals surface area contributed by atoms with Gasteiger partial charge >= 0.3 is 0 Å². The second-order valence-electron chi connectivity index (χ2n) is 6.97. The lowest BCUT2D eigenvalue weighted by molar-refractivity contribution is 0.128. The fraction of sp³-hybridized carbons (Fsp3) is 0.450. The minimum atomic E-state index is 0.627. The molecule has 5 nitrogen and oxygen atoms in total. The minimum absolute atomic E-state index is 0.627. The Bertz CT molecular complexity index is 809. The Morgan fingerprint density at radius 1 is 1.19 bits per heavy atom. The van der Waals surface area contributed by atoms with Crippen molar-refractivity contribution in [2.24, 2.45) is 0 Å². The highest BCUT2D eigenvalue weighted by molar-refractivity contribution is 7.13. The standard InChI is InChI=1S/C20H25N5S/c1-16-21-8-11-24(16)10-7-18-5-2-3-9-25(18)15-17-13-22-20(23-14-17)19-6-4-12-26-19/h4,6,8,11-14,18H,2-3,5,7,9-10,15H2,1H3. The summed E-state index contributed by atoms with van der Waals surface area (Å²) in [5.41, 5.74) is 1.20. The van der Waals surface area contributed by atoms with Crippen molar-refractivity contribution in [2.45, 2.75) is 51.7 Å². The van der Waals surface area contributed by atoms with E-state index in [0.29, 0.717) is 6.04 Å². The minimum Gasteiger partial charge on any atom is -0.335 e. The van der Waals surface area contributed by atoms with Crippen LogP contribution in [-0.2, 0) is 13.1 Å². The Balaban J connectivity index is 1.39. The lowest BCUT2D eigenvalue weighted by Gasteiger charge is -2.36. The van der Waals surface area contributed by atoms with Crippen LogP contribution in [-0.4, -0.2) is 37.0 Å². The number of piperidine rings is 1. The zero-order chi connectivity index (χ0) is 17.8. The van der Waals surface area contributed by atoms with Gasteiger partial charge in [0.15, 0.2) is 5.82 Å². The first-order chi connectivity index (χ1) is 12.8. The molecule has 0 bridgehead atoms. The lowest BCUT2D eigenvalue weighted by Crippen LogP contribution is -2.39. The summed E-state index contributed by atoms with van der Waals surface area (Å²) in [6, 6.07) is 4.73. The van der Waals surface area contributed by atoms with E-state index in [1.54, 1.807) is 11.3 Å². The van der Waals surface area contributed by atoms with Gasteiger partial charge in [-0.3, -0.25) is 4.90 Å². The second-order valence-corrected chi connectivity index (χ2v) is 7.92. The van der Waals surface area contributed by atoms with Crippen LogP contribution in [0.4, 0.5) is 0 Å². The molecule has 0 N–H and O–H groups in total. The van der Waals surface area contributed by atoms with Gasteiger partial charge in [-0.25, -0.2) is 15.0 Å². The smallest absolute Gasteiger partial charge is 0.169 e. The molecule has 3 aromatic rings. The lowest BCUT2D eigenvalue weighted by atomic mass is 9.98. The normalized spacial score (nSPS) is 18.3. The summed E-state index contributed by atoms with van der Waals surface area (Å²) in [6.45, 7) is 5.23. The summed E-state index contributed by atoms with van der Waals surface area (Å²) in [5.74, 6) is 1.93. The maximum Gasteiger partial charge on any atom is 0.169 e. The molecule has 3 aromatic heterocycles. The number of thiophene rings is 1. The van der Waals surface area contributed by atoms with E-state index in [4.69, 9.17) is 0 Å². The molecule has 1 saturated heterocycles. The number of nitrogens with zero attached hydrogens (tertiary/aromatic N) is 5. The van der Waals surface area contributed by atoms with E-state index in [1.165, 1.54) is 37.8 Å². The number of aromatic nitrogens is 4. The van der Waals surface area contributed by atoms with Gasteiger partial charge < -0.3 is 4.57 Å². The Morgan fingerprint density at radius 2 is 2.08 bits per heavy atom. The van der Waals surface area contributed by atoms with Crippen LogP contribution in [0.2, 0.25) is 0 Å². The van der Waals surface area contributed by atoms with Crippen molar-refractivity contribution < 1.29 is 0 Å². The number of hydrogen-bond donors (Lipinski definition) is 0. The van der Waals surface area contributed by atoms with E-state index in [2.05, 4.69) is 49.0 Å². The molecule has 1 unspecified atom stereocenters. The van der Waals surface area contributed by atoms with Gasteiger partial charge in [0.2, 0.25) is 0 Å². The van der Waals surface area contributed by atoms with E-state index in [1.807, 2.05) is 24.7 Å². The third-order valence-corrected chi connectivity index (χ3v) is 6.07. The fourth-order valence-electron chi connectivity index (χ4n) is 3.73. The maximum atomic E-state index is 4.57. The van der Waals surface area contributed by atoms with Crippen LogP contribution >= 0.6 is 11.3 Å². The quantitative estimate of drug-likeness (QED) is 0.656. The molecule has 6 heteroatoms. The summed E-state index contributed by atoms with van der Waals surface area (Å²) in [4.78, 5) is 17.2. The highest BCUT2D eigenvalue weighted by atomic mass is 32.1. The Hall–Kier alpha value is -2.05. The van der Waals surface area contributed by atoms with E-state index in [-0.39, 0.29) is 0 Å². The van der Waals surface area contributed by atoms with Gasteiger partial charge in [0, 0.05) is 49.5 Å². The average Bonchev–Trinajstić information content (AvgIpc) is 3.34. The van der Waals surface area contributed by atoms with E-state index < -0.39 is 0 Å². The average molecular weight is 368 g/mol.